The molecule has 0 radical (unpaired) electrons. The van der Waals surface area contributed by atoms with Gasteiger partial charge < -0.3 is 10.6 Å². The SMILES string of the molecule is CC(Sc1nc(N)cc(C#N)n1)c1cc2c(CN(C)C)csc2cn1. The van der Waals surface area contributed by atoms with Gasteiger partial charge in [-0.05, 0) is 38.0 Å². The molecule has 3 rings (SSSR count). The molecule has 0 aliphatic carbocycles. The van der Waals surface area contributed by atoms with Crippen LogP contribution in [-0.4, -0.2) is 33.9 Å². The van der Waals surface area contributed by atoms with Crippen LogP contribution in [0.2, 0.25) is 0 Å². The number of nitrogens with two attached hydrogens (primary N) is 1. The average molecular weight is 371 g/mol. The van der Waals surface area contributed by atoms with E-state index in [0.717, 1.165) is 12.2 Å². The molecule has 128 valence electrons. The molecule has 3 aromatic heterocycles. The fourth-order valence-electron chi connectivity index (χ4n) is 2.46. The van der Waals surface area contributed by atoms with E-state index >= 15 is 0 Å². The zero-order valence-electron chi connectivity index (χ0n) is 14.2. The van der Waals surface area contributed by atoms with Crippen LogP contribution in [0.25, 0.3) is 10.1 Å². The topological polar surface area (TPSA) is 91.7 Å². The second kappa shape index (κ2) is 7.35. The van der Waals surface area contributed by atoms with Crippen LogP contribution in [0.4, 0.5) is 5.82 Å². The van der Waals surface area contributed by atoms with Crippen molar-refractivity contribution in [3.8, 4) is 6.07 Å². The van der Waals surface area contributed by atoms with Crippen LogP contribution < -0.4 is 5.73 Å². The summed E-state index contributed by atoms with van der Waals surface area (Å²) in [7, 11) is 4.13. The Morgan fingerprint density at radius 3 is 2.88 bits per heavy atom. The van der Waals surface area contributed by atoms with Gasteiger partial charge in [0.25, 0.3) is 0 Å². The highest BCUT2D eigenvalue weighted by Crippen LogP contribution is 2.35. The number of thiophene rings is 1. The molecular formula is C17H18N6S2. The van der Waals surface area contributed by atoms with E-state index in [9.17, 15) is 0 Å². The molecule has 0 saturated heterocycles. The van der Waals surface area contributed by atoms with Crippen molar-refractivity contribution >= 4 is 39.0 Å². The van der Waals surface area contributed by atoms with Gasteiger partial charge in [-0.3, -0.25) is 4.98 Å². The Bertz CT molecular complexity index is 944. The first-order chi connectivity index (χ1) is 12.0. The first kappa shape index (κ1) is 17.6. The smallest absolute Gasteiger partial charge is 0.191 e. The Hall–Kier alpha value is -2.21. The zero-order chi connectivity index (χ0) is 18.0. The summed E-state index contributed by atoms with van der Waals surface area (Å²) in [6, 6.07) is 5.61. The minimum atomic E-state index is 0.0462. The van der Waals surface area contributed by atoms with Crippen LogP contribution >= 0.6 is 23.1 Å². The number of anilines is 1. The Morgan fingerprint density at radius 2 is 2.16 bits per heavy atom. The Labute approximate surface area is 154 Å². The summed E-state index contributed by atoms with van der Waals surface area (Å²) in [4.78, 5) is 15.1. The lowest BCUT2D eigenvalue weighted by Crippen LogP contribution is -2.10. The van der Waals surface area contributed by atoms with Crippen LogP contribution in [0.3, 0.4) is 0 Å². The lowest BCUT2D eigenvalue weighted by molar-refractivity contribution is 0.404. The molecule has 25 heavy (non-hydrogen) atoms. The quantitative estimate of drug-likeness (QED) is 0.543. The molecule has 1 unspecified atom stereocenters. The molecule has 0 aromatic carbocycles. The highest BCUT2D eigenvalue weighted by atomic mass is 32.2. The summed E-state index contributed by atoms with van der Waals surface area (Å²) < 4.78 is 1.18. The number of nitrogens with zero attached hydrogens (tertiary/aromatic N) is 5. The number of nitriles is 1. The van der Waals surface area contributed by atoms with Gasteiger partial charge in [0.2, 0.25) is 0 Å². The Kier molecular flexibility index (Phi) is 5.18. The maximum atomic E-state index is 9.01. The predicted octanol–water partition coefficient (Wildman–Crippen LogP) is 3.46. The van der Waals surface area contributed by atoms with Crippen LogP contribution in [0.5, 0.6) is 0 Å². The van der Waals surface area contributed by atoms with Gasteiger partial charge in [-0.25, -0.2) is 9.97 Å². The number of nitrogen functional groups attached to an aromatic ring is 1. The van der Waals surface area contributed by atoms with Gasteiger partial charge >= 0.3 is 0 Å². The second-order valence-corrected chi connectivity index (χ2v) is 8.16. The molecule has 2 N–H and O–H groups in total. The highest BCUT2D eigenvalue weighted by molar-refractivity contribution is 7.99. The summed E-state index contributed by atoms with van der Waals surface area (Å²) in [5, 5.41) is 13.0. The van der Waals surface area contributed by atoms with Crippen LogP contribution in [0, 0.1) is 11.3 Å². The van der Waals surface area contributed by atoms with E-state index in [4.69, 9.17) is 11.0 Å². The maximum Gasteiger partial charge on any atom is 0.191 e. The van der Waals surface area contributed by atoms with E-state index < -0.39 is 0 Å². The molecule has 0 aliphatic heterocycles. The molecule has 0 bridgehead atoms. The number of aromatic nitrogens is 3. The van der Waals surface area contributed by atoms with Gasteiger partial charge in [-0.15, -0.1) is 11.3 Å². The van der Waals surface area contributed by atoms with E-state index in [2.05, 4.69) is 52.3 Å². The number of hydrogen-bond acceptors (Lipinski definition) is 8. The molecule has 0 fully saturated rings. The number of hydrogen-bond donors (Lipinski definition) is 1. The molecule has 1 atom stereocenters. The van der Waals surface area contributed by atoms with E-state index in [0.29, 0.717) is 11.0 Å². The van der Waals surface area contributed by atoms with Crippen molar-refractivity contribution in [2.45, 2.75) is 23.9 Å². The van der Waals surface area contributed by atoms with E-state index in [-0.39, 0.29) is 10.9 Å². The van der Waals surface area contributed by atoms with E-state index in [1.807, 2.05) is 12.3 Å². The lowest BCUT2D eigenvalue weighted by atomic mass is 10.1. The van der Waals surface area contributed by atoms with Gasteiger partial charge in [-0.2, -0.15) is 5.26 Å². The fourth-order valence-corrected chi connectivity index (χ4v) is 4.24. The summed E-state index contributed by atoms with van der Waals surface area (Å²) in [6.45, 7) is 2.95. The zero-order valence-corrected chi connectivity index (χ0v) is 15.9. The lowest BCUT2D eigenvalue weighted by Gasteiger charge is -2.12. The molecule has 0 spiro atoms. The third kappa shape index (κ3) is 4.07. The highest BCUT2D eigenvalue weighted by Gasteiger charge is 2.15. The molecule has 3 aromatic rings. The fraction of sp³-hybridized carbons (Fsp3) is 0.294. The van der Waals surface area contributed by atoms with Crippen molar-refractivity contribution in [1.82, 2.24) is 19.9 Å². The summed E-state index contributed by atoms with van der Waals surface area (Å²) >= 11 is 3.16. The third-order valence-corrected chi connectivity index (χ3v) is 5.56. The molecule has 0 amide bonds. The minimum absolute atomic E-state index is 0.0462. The predicted molar refractivity (Wildman–Crippen MR) is 102 cm³/mol. The second-order valence-electron chi connectivity index (χ2n) is 5.94. The molecule has 6 nitrogen and oxygen atoms in total. The average Bonchev–Trinajstić information content (AvgIpc) is 2.95. The van der Waals surface area contributed by atoms with Crippen LogP contribution in [-0.2, 0) is 6.54 Å². The number of fused-ring (bicyclic) bond motifs is 1. The van der Waals surface area contributed by atoms with Crippen molar-refractivity contribution in [1.29, 1.82) is 5.26 Å². The Morgan fingerprint density at radius 1 is 1.36 bits per heavy atom. The largest absolute Gasteiger partial charge is 0.384 e. The normalized spacial score (nSPS) is 12.4. The summed E-state index contributed by atoms with van der Waals surface area (Å²) in [6.07, 6.45) is 1.92. The van der Waals surface area contributed by atoms with Crippen molar-refractivity contribution in [3.05, 3.63) is 40.7 Å². The Balaban J connectivity index is 1.88. The maximum absolute atomic E-state index is 9.01. The molecule has 3 heterocycles. The van der Waals surface area contributed by atoms with Crippen molar-refractivity contribution in [3.63, 3.8) is 0 Å². The monoisotopic (exact) mass is 370 g/mol. The van der Waals surface area contributed by atoms with Gasteiger partial charge in [0.1, 0.15) is 17.6 Å². The number of thioether (sulfide) groups is 1. The molecule has 0 saturated carbocycles. The minimum Gasteiger partial charge on any atom is -0.384 e. The van der Waals surface area contributed by atoms with Crippen molar-refractivity contribution < 1.29 is 0 Å². The first-order valence-electron chi connectivity index (χ1n) is 7.68. The van der Waals surface area contributed by atoms with Gasteiger partial charge in [0.15, 0.2) is 5.16 Å². The summed E-state index contributed by atoms with van der Waals surface area (Å²) in [5.74, 6) is 0.302. The molecule has 8 heteroatoms. The summed E-state index contributed by atoms with van der Waals surface area (Å²) in [5.41, 5.74) is 8.28. The molecule has 0 aliphatic rings. The van der Waals surface area contributed by atoms with Gasteiger partial charge in [0.05, 0.1) is 15.6 Å². The number of pyridine rings is 1. The standard InChI is InChI=1S/C17H18N6S2/c1-10(25-17-21-12(6-18)4-16(19)22-17)14-5-13-11(8-23(2)3)9-24-15(13)7-20-14/h4-5,7,9-10H,8H2,1-3H3,(H2,19,21,22). The van der Waals surface area contributed by atoms with Gasteiger partial charge in [0, 0.05) is 24.2 Å². The molecular weight excluding hydrogens is 352 g/mol. The van der Waals surface area contributed by atoms with Crippen LogP contribution in [0.1, 0.15) is 29.1 Å². The van der Waals surface area contributed by atoms with E-state index in [1.54, 1.807) is 11.3 Å². The van der Waals surface area contributed by atoms with Crippen molar-refractivity contribution in [2.75, 3.05) is 19.8 Å². The van der Waals surface area contributed by atoms with Gasteiger partial charge in [-0.1, -0.05) is 11.8 Å². The van der Waals surface area contributed by atoms with E-state index in [1.165, 1.54) is 33.5 Å². The van der Waals surface area contributed by atoms with Crippen molar-refractivity contribution in [2.24, 2.45) is 0 Å². The first-order valence-corrected chi connectivity index (χ1v) is 9.44. The number of rotatable bonds is 5. The van der Waals surface area contributed by atoms with Crippen LogP contribution in [0.15, 0.2) is 28.9 Å². The third-order valence-electron chi connectivity index (χ3n) is 3.59.